The number of hydrogen-bond acceptors (Lipinski definition) is 2. The lowest BCUT2D eigenvalue weighted by atomic mass is 10.0. The highest BCUT2D eigenvalue weighted by molar-refractivity contribution is 5.84. The molecule has 2 N–H and O–H groups in total. The van der Waals surface area contributed by atoms with Gasteiger partial charge >= 0.3 is 5.97 Å². The summed E-state index contributed by atoms with van der Waals surface area (Å²) in [6.07, 6.45) is 3.68. The molecule has 2 aromatic rings. The first-order valence-electron chi connectivity index (χ1n) is 6.19. The third-order valence-electron chi connectivity index (χ3n) is 3.75. The number of carbonyl (C=O) groups is 1. The molecule has 4 heteroatoms. The topological polar surface area (TPSA) is 54.3 Å². The number of aryl methyl sites for hydroxylation is 1. The summed E-state index contributed by atoms with van der Waals surface area (Å²) in [4.78, 5) is 11.0. The number of hydrogen-bond donors (Lipinski definition) is 2. The maximum absolute atomic E-state index is 11.0. The lowest BCUT2D eigenvalue weighted by Crippen LogP contribution is -2.31. The van der Waals surface area contributed by atoms with Crippen molar-refractivity contribution in [2.24, 2.45) is 7.05 Å². The average molecular weight is 244 g/mol. The van der Waals surface area contributed by atoms with Crippen LogP contribution in [0.1, 0.15) is 24.4 Å². The molecule has 1 fully saturated rings. The summed E-state index contributed by atoms with van der Waals surface area (Å²) >= 11 is 0. The van der Waals surface area contributed by atoms with Gasteiger partial charge in [0, 0.05) is 30.2 Å². The van der Waals surface area contributed by atoms with Crippen LogP contribution >= 0.6 is 0 Å². The number of rotatable bonds is 2. The quantitative estimate of drug-likeness (QED) is 0.850. The van der Waals surface area contributed by atoms with E-state index in [1.54, 1.807) is 0 Å². The van der Waals surface area contributed by atoms with Crippen molar-refractivity contribution in [2.75, 3.05) is 0 Å². The van der Waals surface area contributed by atoms with Crippen LogP contribution in [0.2, 0.25) is 0 Å². The molecule has 0 saturated carbocycles. The van der Waals surface area contributed by atoms with Crippen molar-refractivity contribution in [1.29, 1.82) is 0 Å². The van der Waals surface area contributed by atoms with E-state index in [0.717, 1.165) is 6.42 Å². The Morgan fingerprint density at radius 2 is 2.17 bits per heavy atom. The van der Waals surface area contributed by atoms with Crippen LogP contribution in [-0.4, -0.2) is 21.7 Å². The summed E-state index contributed by atoms with van der Waals surface area (Å²) in [5, 5.41) is 13.4. The van der Waals surface area contributed by atoms with E-state index >= 15 is 0 Å². The Labute approximate surface area is 105 Å². The molecular formula is C14H16N2O2. The summed E-state index contributed by atoms with van der Waals surface area (Å²) < 4.78 is 2.10. The SMILES string of the molecule is Cn1cc(C2CCC(C(=O)O)N2)c2ccccc21. The number of nitrogens with one attached hydrogen (secondary N) is 1. The number of benzene rings is 1. The fraction of sp³-hybridized carbons (Fsp3) is 0.357. The van der Waals surface area contributed by atoms with Gasteiger partial charge in [0.1, 0.15) is 6.04 Å². The molecule has 18 heavy (non-hydrogen) atoms. The third-order valence-corrected chi connectivity index (χ3v) is 3.75. The summed E-state index contributed by atoms with van der Waals surface area (Å²) in [7, 11) is 2.02. The Morgan fingerprint density at radius 3 is 2.89 bits per heavy atom. The third kappa shape index (κ3) is 1.69. The Bertz CT molecular complexity index is 603. The van der Waals surface area contributed by atoms with E-state index in [0.29, 0.717) is 6.42 Å². The molecule has 3 rings (SSSR count). The number of para-hydroxylation sites is 1. The van der Waals surface area contributed by atoms with E-state index in [4.69, 9.17) is 5.11 Å². The number of carboxylic acid groups (broad SMARTS) is 1. The highest BCUT2D eigenvalue weighted by atomic mass is 16.4. The van der Waals surface area contributed by atoms with Crippen molar-refractivity contribution in [1.82, 2.24) is 9.88 Å². The Hall–Kier alpha value is -1.81. The van der Waals surface area contributed by atoms with Crippen LogP contribution in [0.15, 0.2) is 30.5 Å². The minimum atomic E-state index is -0.752. The van der Waals surface area contributed by atoms with Gasteiger partial charge in [0.25, 0.3) is 0 Å². The molecule has 1 aromatic heterocycles. The van der Waals surface area contributed by atoms with Gasteiger partial charge in [0.15, 0.2) is 0 Å². The second-order valence-corrected chi connectivity index (χ2v) is 4.90. The van der Waals surface area contributed by atoms with Crippen LogP contribution < -0.4 is 5.32 Å². The molecule has 1 aliphatic rings. The fourth-order valence-electron chi connectivity index (χ4n) is 2.83. The van der Waals surface area contributed by atoms with Crippen molar-refractivity contribution in [3.8, 4) is 0 Å². The minimum absolute atomic E-state index is 0.150. The standard InChI is InChI=1S/C14H16N2O2/c1-16-8-10(9-4-2-3-5-13(9)16)11-6-7-12(15-11)14(17)18/h2-5,8,11-12,15H,6-7H2,1H3,(H,17,18). The molecule has 1 aromatic carbocycles. The Morgan fingerprint density at radius 1 is 1.39 bits per heavy atom. The number of fused-ring (bicyclic) bond motifs is 1. The zero-order chi connectivity index (χ0) is 12.7. The van der Waals surface area contributed by atoms with Crippen molar-refractivity contribution < 1.29 is 9.90 Å². The number of aliphatic carboxylic acids is 1. The van der Waals surface area contributed by atoms with Crippen LogP contribution in [-0.2, 0) is 11.8 Å². The molecule has 2 unspecified atom stereocenters. The molecule has 1 saturated heterocycles. The molecule has 0 radical (unpaired) electrons. The summed E-state index contributed by atoms with van der Waals surface area (Å²) in [5.41, 5.74) is 2.39. The molecular weight excluding hydrogens is 228 g/mol. The zero-order valence-corrected chi connectivity index (χ0v) is 10.3. The van der Waals surface area contributed by atoms with E-state index in [1.807, 2.05) is 19.2 Å². The first-order chi connectivity index (χ1) is 8.66. The first kappa shape index (κ1) is 11.3. The van der Waals surface area contributed by atoms with E-state index in [2.05, 4.69) is 28.2 Å². The van der Waals surface area contributed by atoms with Crippen LogP contribution in [0, 0.1) is 0 Å². The smallest absolute Gasteiger partial charge is 0.320 e. The summed E-state index contributed by atoms with van der Waals surface area (Å²) in [5.74, 6) is -0.752. The van der Waals surface area contributed by atoms with Gasteiger partial charge in [0.2, 0.25) is 0 Å². The summed E-state index contributed by atoms with van der Waals surface area (Å²) in [6.45, 7) is 0. The van der Waals surface area contributed by atoms with Crippen LogP contribution in [0.3, 0.4) is 0 Å². The molecule has 94 valence electrons. The Balaban J connectivity index is 1.98. The molecule has 2 atom stereocenters. The normalized spacial score (nSPS) is 23.6. The van der Waals surface area contributed by atoms with E-state index < -0.39 is 12.0 Å². The van der Waals surface area contributed by atoms with Crippen LogP contribution in [0.5, 0.6) is 0 Å². The highest BCUT2D eigenvalue weighted by Gasteiger charge is 2.30. The monoisotopic (exact) mass is 244 g/mol. The fourth-order valence-corrected chi connectivity index (χ4v) is 2.83. The van der Waals surface area contributed by atoms with Crippen LogP contribution in [0.4, 0.5) is 0 Å². The number of aromatic nitrogens is 1. The van der Waals surface area contributed by atoms with E-state index in [9.17, 15) is 4.79 Å². The molecule has 4 nitrogen and oxygen atoms in total. The van der Waals surface area contributed by atoms with Crippen molar-refractivity contribution in [3.63, 3.8) is 0 Å². The second kappa shape index (κ2) is 4.14. The summed E-state index contributed by atoms with van der Waals surface area (Å²) in [6, 6.07) is 7.97. The van der Waals surface area contributed by atoms with Gasteiger partial charge in [-0.25, -0.2) is 0 Å². The lowest BCUT2D eigenvalue weighted by Gasteiger charge is -2.10. The highest BCUT2D eigenvalue weighted by Crippen LogP contribution is 2.32. The predicted octanol–water partition coefficient (Wildman–Crippen LogP) is 2.06. The zero-order valence-electron chi connectivity index (χ0n) is 10.3. The average Bonchev–Trinajstić information content (AvgIpc) is 2.95. The molecule has 0 aliphatic carbocycles. The van der Waals surface area contributed by atoms with Crippen molar-refractivity contribution in [3.05, 3.63) is 36.0 Å². The van der Waals surface area contributed by atoms with Crippen molar-refractivity contribution in [2.45, 2.75) is 24.9 Å². The molecule has 0 spiro atoms. The van der Waals surface area contributed by atoms with Gasteiger partial charge in [0.05, 0.1) is 0 Å². The van der Waals surface area contributed by atoms with Gasteiger partial charge < -0.3 is 9.67 Å². The Kier molecular flexibility index (Phi) is 2.59. The van der Waals surface area contributed by atoms with Gasteiger partial charge in [-0.2, -0.15) is 0 Å². The molecule has 1 aliphatic heterocycles. The largest absolute Gasteiger partial charge is 0.480 e. The lowest BCUT2D eigenvalue weighted by molar-refractivity contribution is -0.139. The van der Waals surface area contributed by atoms with Crippen molar-refractivity contribution >= 4 is 16.9 Å². The van der Waals surface area contributed by atoms with Gasteiger partial charge in [-0.05, 0) is 24.5 Å². The minimum Gasteiger partial charge on any atom is -0.480 e. The van der Waals surface area contributed by atoms with E-state index in [-0.39, 0.29) is 6.04 Å². The number of nitrogens with zero attached hydrogens (tertiary/aromatic N) is 1. The van der Waals surface area contributed by atoms with Gasteiger partial charge in [-0.3, -0.25) is 10.1 Å². The maximum atomic E-state index is 11.0. The maximum Gasteiger partial charge on any atom is 0.320 e. The number of carboxylic acids is 1. The van der Waals surface area contributed by atoms with Gasteiger partial charge in [-0.1, -0.05) is 18.2 Å². The molecule has 0 bridgehead atoms. The predicted molar refractivity (Wildman–Crippen MR) is 69.5 cm³/mol. The first-order valence-corrected chi connectivity index (χ1v) is 6.19. The molecule has 0 amide bonds. The van der Waals surface area contributed by atoms with Gasteiger partial charge in [-0.15, -0.1) is 0 Å². The van der Waals surface area contributed by atoms with Crippen LogP contribution in [0.25, 0.3) is 10.9 Å². The second-order valence-electron chi connectivity index (χ2n) is 4.90. The van der Waals surface area contributed by atoms with E-state index in [1.165, 1.54) is 16.5 Å². The molecule has 2 heterocycles.